The second-order valence-electron chi connectivity index (χ2n) is 4.59. The van der Waals surface area contributed by atoms with Crippen molar-refractivity contribution >= 4 is 5.91 Å². The maximum absolute atomic E-state index is 11.6. The second kappa shape index (κ2) is 6.40. The van der Waals surface area contributed by atoms with Crippen molar-refractivity contribution in [2.75, 3.05) is 20.2 Å². The average Bonchev–Trinajstić information content (AvgIpc) is 2.33. The first-order chi connectivity index (χ1) is 8.43. The number of ether oxygens (including phenoxy) is 1. The zero-order valence-electron chi connectivity index (χ0n) is 11.6. The van der Waals surface area contributed by atoms with Crippen molar-refractivity contribution in [3.63, 3.8) is 0 Å². The Morgan fingerprint density at radius 3 is 2.72 bits per heavy atom. The Hall–Kier alpha value is -1.55. The molecule has 1 amide bonds. The van der Waals surface area contributed by atoms with Crippen LogP contribution in [-0.4, -0.2) is 37.0 Å². The molecular formula is C14H22N2O2. The lowest BCUT2D eigenvalue weighted by Crippen LogP contribution is -2.41. The minimum atomic E-state index is -0.462. The molecule has 0 radical (unpaired) electrons. The molecule has 0 aliphatic carbocycles. The highest BCUT2D eigenvalue weighted by Gasteiger charge is 2.13. The predicted molar refractivity (Wildman–Crippen MR) is 72.7 cm³/mol. The first kappa shape index (κ1) is 14.5. The second-order valence-corrected chi connectivity index (χ2v) is 4.59. The largest absolute Gasteiger partial charge is 0.491 e. The fourth-order valence-corrected chi connectivity index (χ4v) is 1.63. The molecule has 1 atom stereocenters. The van der Waals surface area contributed by atoms with Gasteiger partial charge < -0.3 is 15.4 Å². The number of likely N-dealkylation sites (N-methyl/N-ethyl adjacent to an activating group) is 1. The molecule has 100 valence electrons. The number of aryl methyl sites for hydroxylation is 1. The summed E-state index contributed by atoms with van der Waals surface area (Å²) >= 11 is 0. The average molecular weight is 250 g/mol. The molecule has 0 fully saturated rings. The number of rotatable bonds is 5. The Bertz CT molecular complexity index is 416. The van der Waals surface area contributed by atoms with Crippen LogP contribution in [0.15, 0.2) is 18.2 Å². The Labute approximate surface area is 109 Å². The summed E-state index contributed by atoms with van der Waals surface area (Å²) in [6.45, 7) is 6.77. The molecule has 18 heavy (non-hydrogen) atoms. The molecular weight excluding hydrogens is 228 g/mol. The van der Waals surface area contributed by atoms with E-state index in [9.17, 15) is 4.79 Å². The van der Waals surface area contributed by atoms with E-state index in [-0.39, 0.29) is 5.91 Å². The van der Waals surface area contributed by atoms with Crippen molar-refractivity contribution in [2.24, 2.45) is 5.73 Å². The van der Waals surface area contributed by atoms with Gasteiger partial charge in [0.1, 0.15) is 12.4 Å². The molecule has 1 unspecified atom stereocenters. The number of hydrogen-bond acceptors (Lipinski definition) is 3. The molecule has 1 aromatic carbocycles. The third-order valence-corrected chi connectivity index (χ3v) is 3.00. The SMILES string of the molecule is Cc1cccc(OCCN(C)C(=O)C(C)N)c1C. The molecule has 4 nitrogen and oxygen atoms in total. The minimum absolute atomic E-state index is 0.0698. The van der Waals surface area contributed by atoms with E-state index in [2.05, 4.69) is 0 Å². The Balaban J connectivity index is 2.47. The summed E-state index contributed by atoms with van der Waals surface area (Å²) in [6, 6.07) is 5.49. The number of benzene rings is 1. The summed E-state index contributed by atoms with van der Waals surface area (Å²) in [5.41, 5.74) is 7.87. The van der Waals surface area contributed by atoms with E-state index in [0.29, 0.717) is 13.2 Å². The number of carbonyl (C=O) groups excluding carboxylic acids is 1. The van der Waals surface area contributed by atoms with Gasteiger partial charge in [0.25, 0.3) is 0 Å². The zero-order chi connectivity index (χ0) is 13.7. The van der Waals surface area contributed by atoms with E-state index in [1.807, 2.05) is 32.0 Å². The summed E-state index contributed by atoms with van der Waals surface area (Å²) in [4.78, 5) is 13.1. The highest BCUT2D eigenvalue weighted by molar-refractivity contribution is 5.80. The van der Waals surface area contributed by atoms with E-state index in [1.54, 1.807) is 18.9 Å². The molecule has 0 heterocycles. The van der Waals surface area contributed by atoms with Crippen molar-refractivity contribution in [1.82, 2.24) is 4.90 Å². The lowest BCUT2D eigenvalue weighted by molar-refractivity contribution is -0.131. The Kier molecular flexibility index (Phi) is 5.16. The highest BCUT2D eigenvalue weighted by Crippen LogP contribution is 2.20. The first-order valence-electron chi connectivity index (χ1n) is 6.13. The normalized spacial score (nSPS) is 12.1. The molecule has 1 rings (SSSR count). The molecule has 2 N–H and O–H groups in total. The zero-order valence-corrected chi connectivity index (χ0v) is 11.6. The van der Waals surface area contributed by atoms with E-state index in [0.717, 1.165) is 11.3 Å². The molecule has 1 aromatic rings. The summed E-state index contributed by atoms with van der Waals surface area (Å²) in [7, 11) is 1.73. The van der Waals surface area contributed by atoms with Crippen molar-refractivity contribution in [3.05, 3.63) is 29.3 Å². The van der Waals surface area contributed by atoms with Crippen molar-refractivity contribution in [1.29, 1.82) is 0 Å². The predicted octanol–water partition coefficient (Wildman–Crippen LogP) is 1.49. The van der Waals surface area contributed by atoms with Gasteiger partial charge in [-0.25, -0.2) is 0 Å². The van der Waals surface area contributed by atoms with E-state index < -0.39 is 6.04 Å². The van der Waals surface area contributed by atoms with Crippen LogP contribution in [0.2, 0.25) is 0 Å². The van der Waals surface area contributed by atoms with Gasteiger partial charge in [0, 0.05) is 7.05 Å². The van der Waals surface area contributed by atoms with Gasteiger partial charge in [0.2, 0.25) is 5.91 Å². The smallest absolute Gasteiger partial charge is 0.239 e. The monoisotopic (exact) mass is 250 g/mol. The van der Waals surface area contributed by atoms with Crippen LogP contribution in [0.1, 0.15) is 18.1 Å². The van der Waals surface area contributed by atoms with Gasteiger partial charge in [-0.2, -0.15) is 0 Å². The molecule has 0 spiro atoms. The van der Waals surface area contributed by atoms with Crippen LogP contribution in [0.4, 0.5) is 0 Å². The number of carbonyl (C=O) groups is 1. The first-order valence-corrected chi connectivity index (χ1v) is 6.13. The number of amides is 1. The Morgan fingerprint density at radius 2 is 2.11 bits per heavy atom. The lowest BCUT2D eigenvalue weighted by Gasteiger charge is -2.20. The van der Waals surface area contributed by atoms with Gasteiger partial charge in [-0.3, -0.25) is 4.79 Å². The van der Waals surface area contributed by atoms with Gasteiger partial charge in [-0.05, 0) is 38.0 Å². The lowest BCUT2D eigenvalue weighted by atomic mass is 10.1. The third kappa shape index (κ3) is 3.74. The third-order valence-electron chi connectivity index (χ3n) is 3.00. The Morgan fingerprint density at radius 1 is 1.44 bits per heavy atom. The van der Waals surface area contributed by atoms with Crippen molar-refractivity contribution in [2.45, 2.75) is 26.8 Å². The van der Waals surface area contributed by atoms with Crippen LogP contribution < -0.4 is 10.5 Å². The van der Waals surface area contributed by atoms with Crippen LogP contribution in [0.3, 0.4) is 0 Å². The molecule has 0 bridgehead atoms. The minimum Gasteiger partial charge on any atom is -0.491 e. The van der Waals surface area contributed by atoms with E-state index >= 15 is 0 Å². The standard InChI is InChI=1S/C14H22N2O2/c1-10-6-5-7-13(11(10)2)18-9-8-16(4)14(17)12(3)15/h5-7,12H,8-9,15H2,1-4H3. The van der Waals surface area contributed by atoms with Gasteiger partial charge in [0.05, 0.1) is 12.6 Å². The maximum Gasteiger partial charge on any atom is 0.239 e. The molecule has 4 heteroatoms. The quantitative estimate of drug-likeness (QED) is 0.861. The van der Waals surface area contributed by atoms with Crippen molar-refractivity contribution < 1.29 is 9.53 Å². The van der Waals surface area contributed by atoms with Crippen LogP contribution in [0.25, 0.3) is 0 Å². The van der Waals surface area contributed by atoms with Crippen LogP contribution in [-0.2, 0) is 4.79 Å². The summed E-state index contributed by atoms with van der Waals surface area (Å²) in [5, 5.41) is 0. The van der Waals surface area contributed by atoms with Gasteiger partial charge in [0.15, 0.2) is 0 Å². The topological polar surface area (TPSA) is 55.6 Å². The number of nitrogens with zero attached hydrogens (tertiary/aromatic N) is 1. The van der Waals surface area contributed by atoms with Gasteiger partial charge in [-0.1, -0.05) is 12.1 Å². The highest BCUT2D eigenvalue weighted by atomic mass is 16.5. The van der Waals surface area contributed by atoms with Crippen LogP contribution in [0, 0.1) is 13.8 Å². The molecule has 0 saturated heterocycles. The van der Waals surface area contributed by atoms with E-state index in [4.69, 9.17) is 10.5 Å². The van der Waals surface area contributed by atoms with Crippen LogP contribution >= 0.6 is 0 Å². The maximum atomic E-state index is 11.6. The van der Waals surface area contributed by atoms with E-state index in [1.165, 1.54) is 5.56 Å². The molecule has 0 aliphatic rings. The van der Waals surface area contributed by atoms with Gasteiger partial charge >= 0.3 is 0 Å². The number of nitrogens with two attached hydrogens (primary N) is 1. The van der Waals surface area contributed by atoms with Gasteiger partial charge in [-0.15, -0.1) is 0 Å². The molecule has 0 aliphatic heterocycles. The fourth-order valence-electron chi connectivity index (χ4n) is 1.63. The molecule has 0 saturated carbocycles. The van der Waals surface area contributed by atoms with Crippen molar-refractivity contribution in [3.8, 4) is 5.75 Å². The summed E-state index contributed by atoms with van der Waals surface area (Å²) in [6.07, 6.45) is 0. The molecule has 0 aromatic heterocycles. The summed E-state index contributed by atoms with van der Waals surface area (Å²) in [5.74, 6) is 0.802. The summed E-state index contributed by atoms with van der Waals surface area (Å²) < 4.78 is 5.68. The fraction of sp³-hybridized carbons (Fsp3) is 0.500. The van der Waals surface area contributed by atoms with Crippen LogP contribution in [0.5, 0.6) is 5.75 Å². The number of hydrogen-bond donors (Lipinski definition) is 1.